The molecule has 21 heavy (non-hydrogen) atoms. The second-order valence-electron chi connectivity index (χ2n) is 4.75. The molecule has 2 aromatic rings. The summed E-state index contributed by atoms with van der Waals surface area (Å²) in [6, 6.07) is 5.52. The van der Waals surface area contributed by atoms with Crippen molar-refractivity contribution in [1.29, 1.82) is 0 Å². The maximum atomic E-state index is 11.8. The number of allylic oxidation sites excluding steroid dienone is 1. The Hall–Kier alpha value is -2.56. The van der Waals surface area contributed by atoms with E-state index in [9.17, 15) is 4.79 Å². The van der Waals surface area contributed by atoms with Gasteiger partial charge in [-0.25, -0.2) is 9.78 Å². The van der Waals surface area contributed by atoms with Gasteiger partial charge >= 0.3 is 5.97 Å². The molecule has 1 aromatic heterocycles. The van der Waals surface area contributed by atoms with Crippen LogP contribution in [-0.2, 0) is 16.1 Å². The zero-order valence-corrected chi connectivity index (χ0v) is 12.0. The van der Waals surface area contributed by atoms with E-state index in [4.69, 9.17) is 9.47 Å². The monoisotopic (exact) mass is 284 g/mol. The Bertz CT molecular complexity index is 702. The first-order chi connectivity index (χ1) is 10.2. The van der Waals surface area contributed by atoms with Crippen molar-refractivity contribution >= 4 is 11.5 Å². The molecular weight excluding hydrogens is 268 g/mol. The highest BCUT2D eigenvalue weighted by atomic mass is 16.5. The Kier molecular flexibility index (Phi) is 3.48. The van der Waals surface area contributed by atoms with Crippen molar-refractivity contribution in [2.75, 3.05) is 6.61 Å². The second-order valence-corrected chi connectivity index (χ2v) is 4.75. The van der Waals surface area contributed by atoms with Gasteiger partial charge in [0, 0.05) is 12.4 Å². The third-order valence-electron chi connectivity index (χ3n) is 3.42. The number of carbonyl (C=O) groups is 1. The Balaban J connectivity index is 2.04. The minimum Gasteiger partial charge on any atom is -0.493 e. The lowest BCUT2D eigenvalue weighted by molar-refractivity contribution is 0.0526. The maximum Gasteiger partial charge on any atom is 0.338 e. The van der Waals surface area contributed by atoms with Gasteiger partial charge in [0.05, 0.1) is 17.7 Å². The molecule has 1 N–H and O–H groups in total. The average molecular weight is 284 g/mol. The van der Waals surface area contributed by atoms with Crippen molar-refractivity contribution < 1.29 is 14.3 Å². The summed E-state index contributed by atoms with van der Waals surface area (Å²) < 4.78 is 10.7. The predicted octanol–water partition coefficient (Wildman–Crippen LogP) is 2.90. The Morgan fingerprint density at radius 2 is 2.33 bits per heavy atom. The fraction of sp³-hybridized carbons (Fsp3) is 0.250. The summed E-state index contributed by atoms with van der Waals surface area (Å²) >= 11 is 0. The number of aromatic amines is 1. The summed E-state index contributed by atoms with van der Waals surface area (Å²) in [6.07, 6.45) is 3.48. The summed E-state index contributed by atoms with van der Waals surface area (Å²) in [6.45, 7) is 4.52. The zero-order chi connectivity index (χ0) is 14.8. The van der Waals surface area contributed by atoms with Crippen LogP contribution >= 0.6 is 0 Å². The van der Waals surface area contributed by atoms with E-state index in [0.29, 0.717) is 18.8 Å². The van der Waals surface area contributed by atoms with Crippen LogP contribution in [0.2, 0.25) is 0 Å². The summed E-state index contributed by atoms with van der Waals surface area (Å²) in [5.41, 5.74) is 3.45. The van der Waals surface area contributed by atoms with E-state index in [1.54, 1.807) is 25.4 Å². The number of carbonyl (C=O) groups excluding carboxylic acids is 1. The third kappa shape index (κ3) is 2.42. The number of benzene rings is 1. The standard InChI is InChI=1S/C16H16N2O3/c1-3-20-16(19)11-4-5-13-12(8-11)9-21-10(2)14(13)15-17-6-7-18-15/h4-8H,3,9H2,1-2H3,(H,17,18). The van der Waals surface area contributed by atoms with Crippen LogP contribution in [0.3, 0.4) is 0 Å². The van der Waals surface area contributed by atoms with Crippen molar-refractivity contribution in [3.8, 4) is 0 Å². The lowest BCUT2D eigenvalue weighted by Gasteiger charge is -2.21. The molecule has 2 heterocycles. The lowest BCUT2D eigenvalue weighted by Crippen LogP contribution is -2.11. The van der Waals surface area contributed by atoms with E-state index < -0.39 is 0 Å². The summed E-state index contributed by atoms with van der Waals surface area (Å²) in [5, 5.41) is 0. The number of H-pyrrole nitrogens is 1. The molecule has 5 nitrogen and oxygen atoms in total. The van der Waals surface area contributed by atoms with Crippen molar-refractivity contribution in [3.05, 3.63) is 58.9 Å². The molecule has 0 aliphatic carbocycles. The summed E-state index contributed by atoms with van der Waals surface area (Å²) in [4.78, 5) is 19.2. The first-order valence-corrected chi connectivity index (χ1v) is 6.84. The van der Waals surface area contributed by atoms with Crippen LogP contribution in [0, 0.1) is 0 Å². The smallest absolute Gasteiger partial charge is 0.338 e. The summed E-state index contributed by atoms with van der Waals surface area (Å²) in [5.74, 6) is 1.27. The highest BCUT2D eigenvalue weighted by Gasteiger charge is 2.22. The quantitative estimate of drug-likeness (QED) is 0.880. The maximum absolute atomic E-state index is 11.8. The van der Waals surface area contributed by atoms with Crippen molar-refractivity contribution in [2.24, 2.45) is 0 Å². The minimum absolute atomic E-state index is 0.314. The molecular formula is C16H16N2O3. The van der Waals surface area contributed by atoms with Crippen LogP contribution < -0.4 is 0 Å². The van der Waals surface area contributed by atoms with Crippen molar-refractivity contribution in [3.63, 3.8) is 0 Å². The number of hydrogen-bond donors (Lipinski definition) is 1. The molecule has 0 bridgehead atoms. The van der Waals surface area contributed by atoms with E-state index in [-0.39, 0.29) is 5.97 Å². The molecule has 0 amide bonds. The molecule has 0 unspecified atom stereocenters. The third-order valence-corrected chi connectivity index (χ3v) is 3.42. The van der Waals surface area contributed by atoms with Gasteiger partial charge in [-0.2, -0.15) is 0 Å². The first kappa shape index (κ1) is 13.4. The SMILES string of the molecule is CCOC(=O)c1ccc2c(c1)COC(C)=C2c1ncc[nH]1. The molecule has 0 fully saturated rings. The zero-order valence-electron chi connectivity index (χ0n) is 12.0. The topological polar surface area (TPSA) is 64.2 Å². The first-order valence-electron chi connectivity index (χ1n) is 6.84. The highest BCUT2D eigenvalue weighted by Crippen LogP contribution is 2.33. The highest BCUT2D eigenvalue weighted by molar-refractivity contribution is 5.91. The lowest BCUT2D eigenvalue weighted by atomic mass is 9.94. The number of ether oxygens (including phenoxy) is 2. The van der Waals surface area contributed by atoms with E-state index in [2.05, 4.69) is 9.97 Å². The molecule has 5 heteroatoms. The van der Waals surface area contributed by atoms with Crippen LogP contribution in [-0.4, -0.2) is 22.5 Å². The van der Waals surface area contributed by atoms with Gasteiger partial charge in [-0.05, 0) is 37.1 Å². The number of imidazole rings is 1. The van der Waals surface area contributed by atoms with Crippen LogP contribution in [0.5, 0.6) is 0 Å². The molecule has 1 aromatic carbocycles. The van der Waals surface area contributed by atoms with E-state index in [1.807, 2.05) is 19.1 Å². The predicted molar refractivity (Wildman–Crippen MR) is 77.5 cm³/mol. The Morgan fingerprint density at radius 3 is 3.05 bits per heavy atom. The molecule has 1 aliphatic heterocycles. The molecule has 0 radical (unpaired) electrons. The Morgan fingerprint density at radius 1 is 1.48 bits per heavy atom. The van der Waals surface area contributed by atoms with Gasteiger partial charge in [0.2, 0.25) is 0 Å². The van der Waals surface area contributed by atoms with Gasteiger partial charge in [0.1, 0.15) is 18.2 Å². The number of nitrogens with zero attached hydrogens (tertiary/aromatic N) is 1. The number of esters is 1. The van der Waals surface area contributed by atoms with Crippen LogP contribution in [0.1, 0.15) is 41.2 Å². The largest absolute Gasteiger partial charge is 0.493 e. The van der Waals surface area contributed by atoms with Crippen LogP contribution in [0.25, 0.3) is 5.57 Å². The number of rotatable bonds is 3. The number of nitrogens with one attached hydrogen (secondary N) is 1. The fourth-order valence-corrected chi connectivity index (χ4v) is 2.44. The molecule has 0 saturated carbocycles. The molecule has 0 atom stereocenters. The Labute approximate surface area is 122 Å². The number of aromatic nitrogens is 2. The minimum atomic E-state index is -0.314. The van der Waals surface area contributed by atoms with Gasteiger partial charge < -0.3 is 14.5 Å². The van der Waals surface area contributed by atoms with E-state index in [1.165, 1.54) is 0 Å². The van der Waals surface area contributed by atoms with Gasteiger partial charge in [-0.3, -0.25) is 0 Å². The van der Waals surface area contributed by atoms with Crippen molar-refractivity contribution in [1.82, 2.24) is 9.97 Å². The fourth-order valence-electron chi connectivity index (χ4n) is 2.44. The van der Waals surface area contributed by atoms with Crippen molar-refractivity contribution in [2.45, 2.75) is 20.5 Å². The van der Waals surface area contributed by atoms with Gasteiger partial charge in [0.25, 0.3) is 0 Å². The van der Waals surface area contributed by atoms with Gasteiger partial charge in [-0.1, -0.05) is 6.07 Å². The van der Waals surface area contributed by atoms with Gasteiger partial charge in [-0.15, -0.1) is 0 Å². The molecule has 0 spiro atoms. The number of hydrogen-bond acceptors (Lipinski definition) is 4. The number of fused-ring (bicyclic) bond motifs is 1. The molecule has 108 valence electrons. The molecule has 0 saturated heterocycles. The second kappa shape index (κ2) is 5.44. The summed E-state index contributed by atoms with van der Waals surface area (Å²) in [7, 11) is 0. The van der Waals surface area contributed by atoms with Crippen LogP contribution in [0.15, 0.2) is 36.4 Å². The van der Waals surface area contributed by atoms with Crippen LogP contribution in [0.4, 0.5) is 0 Å². The van der Waals surface area contributed by atoms with E-state index >= 15 is 0 Å². The van der Waals surface area contributed by atoms with Gasteiger partial charge in [0.15, 0.2) is 0 Å². The average Bonchev–Trinajstić information content (AvgIpc) is 3.00. The molecule has 3 rings (SSSR count). The normalized spacial score (nSPS) is 13.6. The molecule has 1 aliphatic rings. The van der Waals surface area contributed by atoms with E-state index in [0.717, 1.165) is 28.3 Å².